The van der Waals surface area contributed by atoms with E-state index in [1.165, 1.54) is 38.0 Å². The van der Waals surface area contributed by atoms with Crippen molar-refractivity contribution in [3.05, 3.63) is 52.4 Å². The number of oxazole rings is 1. The van der Waals surface area contributed by atoms with Crippen LogP contribution in [-0.2, 0) is 26.1 Å². The molecule has 0 N–H and O–H groups in total. The van der Waals surface area contributed by atoms with E-state index in [9.17, 15) is 22.8 Å². The Labute approximate surface area is 182 Å². The number of carbonyl (C=O) groups excluding carboxylic acids is 2. The fourth-order valence-electron chi connectivity index (χ4n) is 3.49. The second-order valence-corrected chi connectivity index (χ2v) is 9.05. The van der Waals surface area contributed by atoms with Crippen LogP contribution in [0.2, 0.25) is 0 Å². The Morgan fingerprint density at radius 3 is 2.56 bits per heavy atom. The topological polar surface area (TPSA) is 132 Å². The molecule has 1 saturated heterocycles. The molecule has 0 bridgehead atoms. The van der Waals surface area contributed by atoms with E-state index in [0.29, 0.717) is 30.8 Å². The molecule has 0 spiro atoms. The predicted octanol–water partition coefficient (Wildman–Crippen LogP) is 0.875. The summed E-state index contributed by atoms with van der Waals surface area (Å²) in [5, 5.41) is 0. The first-order valence-electron chi connectivity index (χ1n) is 9.92. The average Bonchev–Trinajstić information content (AvgIpc) is 3.38. The molecule has 32 heavy (non-hydrogen) atoms. The van der Waals surface area contributed by atoms with Crippen molar-refractivity contribution >= 4 is 33.5 Å². The molecule has 0 aliphatic carbocycles. The van der Waals surface area contributed by atoms with Crippen LogP contribution in [0.1, 0.15) is 23.2 Å². The molecule has 3 aromatic rings. The Morgan fingerprint density at radius 1 is 1.12 bits per heavy atom. The van der Waals surface area contributed by atoms with Gasteiger partial charge in [-0.25, -0.2) is 18.0 Å². The Hall–Kier alpha value is -3.38. The van der Waals surface area contributed by atoms with E-state index in [2.05, 4.69) is 0 Å². The summed E-state index contributed by atoms with van der Waals surface area (Å²) in [6.45, 7) is 2.87. The van der Waals surface area contributed by atoms with Crippen molar-refractivity contribution < 1.29 is 31.6 Å². The zero-order valence-electron chi connectivity index (χ0n) is 17.2. The van der Waals surface area contributed by atoms with Gasteiger partial charge in [-0.1, -0.05) is 0 Å². The van der Waals surface area contributed by atoms with Crippen molar-refractivity contribution in [2.75, 3.05) is 32.8 Å². The third-order valence-corrected chi connectivity index (χ3v) is 7.05. The number of aromatic nitrogens is 1. The molecule has 1 amide bonds. The largest absolute Gasteiger partial charge is 0.460 e. The van der Waals surface area contributed by atoms with E-state index >= 15 is 0 Å². The van der Waals surface area contributed by atoms with Crippen molar-refractivity contribution in [1.82, 2.24) is 13.8 Å². The summed E-state index contributed by atoms with van der Waals surface area (Å²) < 4.78 is 44.1. The van der Waals surface area contributed by atoms with Crippen molar-refractivity contribution in [1.29, 1.82) is 0 Å². The molecule has 0 saturated carbocycles. The normalized spacial score (nSPS) is 15.2. The van der Waals surface area contributed by atoms with Gasteiger partial charge in [0.25, 0.3) is 0 Å². The number of fused-ring (bicyclic) bond motifs is 1. The zero-order valence-corrected chi connectivity index (χ0v) is 18.0. The molecule has 0 unspecified atom stereocenters. The van der Waals surface area contributed by atoms with Gasteiger partial charge >= 0.3 is 11.7 Å². The van der Waals surface area contributed by atoms with Crippen LogP contribution in [0.5, 0.6) is 0 Å². The first-order valence-corrected chi connectivity index (χ1v) is 11.4. The minimum atomic E-state index is -3.81. The first kappa shape index (κ1) is 21.8. The second kappa shape index (κ2) is 8.63. The number of amides is 1. The Morgan fingerprint density at radius 2 is 1.88 bits per heavy atom. The van der Waals surface area contributed by atoms with Crippen molar-refractivity contribution in [3.8, 4) is 0 Å². The van der Waals surface area contributed by atoms with Crippen LogP contribution in [0.4, 0.5) is 0 Å². The van der Waals surface area contributed by atoms with Gasteiger partial charge < -0.3 is 18.5 Å². The van der Waals surface area contributed by atoms with Crippen LogP contribution in [0.3, 0.4) is 0 Å². The Bertz CT molecular complexity index is 1310. The van der Waals surface area contributed by atoms with E-state index in [0.717, 1.165) is 0 Å². The van der Waals surface area contributed by atoms with E-state index in [1.807, 2.05) is 0 Å². The van der Waals surface area contributed by atoms with Crippen LogP contribution >= 0.6 is 0 Å². The summed E-state index contributed by atoms with van der Waals surface area (Å²) in [5.74, 6) is -0.941. The minimum Gasteiger partial charge on any atom is -0.460 e. The van der Waals surface area contributed by atoms with Gasteiger partial charge in [0, 0.05) is 32.2 Å². The number of hydrogen-bond acceptors (Lipinski definition) is 8. The van der Waals surface area contributed by atoms with Gasteiger partial charge in [-0.3, -0.25) is 9.36 Å². The monoisotopic (exact) mass is 463 g/mol. The van der Waals surface area contributed by atoms with Crippen LogP contribution in [-0.4, -0.2) is 67.4 Å². The van der Waals surface area contributed by atoms with E-state index in [-0.39, 0.29) is 42.5 Å². The van der Waals surface area contributed by atoms with Crippen LogP contribution in [0.25, 0.3) is 11.1 Å². The van der Waals surface area contributed by atoms with Gasteiger partial charge in [-0.2, -0.15) is 4.31 Å². The summed E-state index contributed by atoms with van der Waals surface area (Å²) in [4.78, 5) is 36.5. The molecule has 3 heterocycles. The summed E-state index contributed by atoms with van der Waals surface area (Å²) >= 11 is 0. The number of carbonyl (C=O) groups is 2. The van der Waals surface area contributed by atoms with Crippen LogP contribution < -0.4 is 5.76 Å². The highest BCUT2D eigenvalue weighted by atomic mass is 32.2. The maximum absolute atomic E-state index is 13.0. The third kappa shape index (κ3) is 4.06. The maximum atomic E-state index is 13.0. The second-order valence-electron chi connectivity index (χ2n) is 7.12. The number of esters is 1. The predicted molar refractivity (Wildman–Crippen MR) is 111 cm³/mol. The lowest BCUT2D eigenvalue weighted by Gasteiger charge is -2.31. The van der Waals surface area contributed by atoms with Gasteiger partial charge in [0.05, 0.1) is 23.6 Å². The summed E-state index contributed by atoms with van der Waals surface area (Å²) in [6.07, 6.45) is 0.697. The number of benzene rings is 1. The smallest absolute Gasteiger partial charge is 0.420 e. The average molecular weight is 463 g/mol. The fourth-order valence-corrected chi connectivity index (χ4v) is 4.92. The van der Waals surface area contributed by atoms with E-state index in [1.54, 1.807) is 13.0 Å². The highest BCUT2D eigenvalue weighted by molar-refractivity contribution is 7.89. The number of sulfonamides is 1. The number of piperazine rings is 1. The summed E-state index contributed by atoms with van der Waals surface area (Å²) in [7, 11) is -3.81. The maximum Gasteiger partial charge on any atom is 0.420 e. The molecule has 1 aliphatic heterocycles. The number of rotatable bonds is 7. The highest BCUT2D eigenvalue weighted by Crippen LogP contribution is 2.23. The van der Waals surface area contributed by atoms with Gasteiger partial charge in [0.2, 0.25) is 22.2 Å². The number of furan rings is 1. The van der Waals surface area contributed by atoms with E-state index in [4.69, 9.17) is 13.6 Å². The van der Waals surface area contributed by atoms with Crippen molar-refractivity contribution in [2.45, 2.75) is 18.4 Å². The molecule has 170 valence electrons. The minimum absolute atomic E-state index is 0.00644. The van der Waals surface area contributed by atoms with Gasteiger partial charge in [0.15, 0.2) is 5.58 Å². The molecule has 11 nitrogen and oxygen atoms in total. The molecular weight excluding hydrogens is 442 g/mol. The lowest BCUT2D eigenvalue weighted by Crippen LogP contribution is -2.47. The molecular formula is C20H21N3O8S. The lowest BCUT2D eigenvalue weighted by atomic mass is 10.3. The molecule has 0 radical (unpaired) electrons. The van der Waals surface area contributed by atoms with Gasteiger partial charge in [-0.15, -0.1) is 0 Å². The molecule has 1 fully saturated rings. The zero-order chi connectivity index (χ0) is 22.9. The number of hydrogen-bond donors (Lipinski definition) is 0. The Balaban J connectivity index is 1.59. The summed E-state index contributed by atoms with van der Waals surface area (Å²) in [5.41, 5.74) is 0.494. The SMILES string of the molecule is CCOC(=O)c1ccc(Cn2c(=O)oc3cc(S(=O)(=O)N4CCN(C=O)CC4)ccc32)o1. The standard InChI is InChI=1S/C20H21N3O8S/c1-2-29-19(25)17-6-3-14(30-17)12-23-16-5-4-15(11-18(16)31-20(23)26)32(27,28)22-9-7-21(13-24)8-10-22/h3-6,11,13H,2,7-10,12H2,1H3. The molecule has 1 aromatic carbocycles. The lowest BCUT2D eigenvalue weighted by molar-refractivity contribution is -0.119. The molecule has 12 heteroatoms. The summed E-state index contributed by atoms with van der Waals surface area (Å²) in [6, 6.07) is 7.21. The first-order chi connectivity index (χ1) is 15.3. The number of nitrogens with zero attached hydrogens (tertiary/aromatic N) is 3. The van der Waals surface area contributed by atoms with Crippen LogP contribution in [0, 0.1) is 0 Å². The van der Waals surface area contributed by atoms with Gasteiger partial charge in [-0.05, 0) is 31.2 Å². The fraction of sp³-hybridized carbons (Fsp3) is 0.350. The highest BCUT2D eigenvalue weighted by Gasteiger charge is 2.29. The third-order valence-electron chi connectivity index (χ3n) is 5.15. The van der Waals surface area contributed by atoms with Crippen molar-refractivity contribution in [3.63, 3.8) is 0 Å². The Kier molecular flexibility index (Phi) is 5.89. The van der Waals surface area contributed by atoms with E-state index < -0.39 is 21.7 Å². The van der Waals surface area contributed by atoms with Crippen LogP contribution in [0.15, 0.2) is 48.9 Å². The molecule has 4 rings (SSSR count). The van der Waals surface area contributed by atoms with Crippen molar-refractivity contribution in [2.24, 2.45) is 0 Å². The molecule has 2 aromatic heterocycles. The molecule has 1 aliphatic rings. The molecule has 0 atom stereocenters. The van der Waals surface area contributed by atoms with Gasteiger partial charge in [0.1, 0.15) is 5.76 Å². The number of ether oxygens (including phenoxy) is 1. The quantitative estimate of drug-likeness (QED) is 0.373.